The van der Waals surface area contributed by atoms with Gasteiger partial charge in [-0.15, -0.1) is 0 Å². The molecule has 2 nitrogen and oxygen atoms in total. The molecule has 0 aliphatic heterocycles. The van der Waals surface area contributed by atoms with E-state index in [4.69, 9.17) is 11.6 Å². The Labute approximate surface area is 117 Å². The van der Waals surface area contributed by atoms with Gasteiger partial charge in [0.25, 0.3) is 0 Å². The third kappa shape index (κ3) is 3.46. The molecule has 0 spiro atoms. The number of allylic oxidation sites excluding steroid dienone is 1. The van der Waals surface area contributed by atoms with Crippen LogP contribution in [0, 0.1) is 6.92 Å². The van der Waals surface area contributed by atoms with Crippen molar-refractivity contribution in [2.24, 2.45) is 0 Å². The van der Waals surface area contributed by atoms with Gasteiger partial charge in [0.15, 0.2) is 5.78 Å². The first kappa shape index (κ1) is 13.4. The summed E-state index contributed by atoms with van der Waals surface area (Å²) in [7, 11) is 0. The molecule has 0 aliphatic rings. The van der Waals surface area contributed by atoms with E-state index in [0.29, 0.717) is 5.02 Å². The molecule has 0 unspecified atom stereocenters. The second-order valence-corrected chi connectivity index (χ2v) is 4.71. The molecule has 2 rings (SSSR count). The summed E-state index contributed by atoms with van der Waals surface area (Å²) in [6.07, 6.45) is 3.14. The predicted molar refractivity (Wildman–Crippen MR) is 77.7 cm³/mol. The maximum atomic E-state index is 12.0. The number of carbonyl (C=O) groups excluding carboxylic acids is 1. The lowest BCUT2D eigenvalue weighted by Gasteiger charge is -2.01. The Bertz CT molecular complexity index is 628. The summed E-state index contributed by atoms with van der Waals surface area (Å²) in [6.45, 7) is 2.00. The summed E-state index contributed by atoms with van der Waals surface area (Å²) in [4.78, 5) is 12.0. The third-order valence-electron chi connectivity index (χ3n) is 2.73. The molecule has 0 aliphatic carbocycles. The third-order valence-corrected chi connectivity index (χ3v) is 2.96. The number of hydrogen-bond acceptors (Lipinski definition) is 2. The van der Waals surface area contributed by atoms with Gasteiger partial charge in [0.2, 0.25) is 0 Å². The van der Waals surface area contributed by atoms with Crippen LogP contribution in [0.25, 0.3) is 6.08 Å². The number of aromatic hydroxyl groups is 1. The number of ketones is 1. The Morgan fingerprint density at radius 2 is 1.84 bits per heavy atom. The van der Waals surface area contributed by atoms with Gasteiger partial charge < -0.3 is 5.11 Å². The average Bonchev–Trinajstić information content (AvgIpc) is 2.40. The van der Waals surface area contributed by atoms with Gasteiger partial charge in [0.05, 0.1) is 5.56 Å². The number of phenols is 1. The summed E-state index contributed by atoms with van der Waals surface area (Å²) in [5.41, 5.74) is 2.30. The van der Waals surface area contributed by atoms with Gasteiger partial charge in [-0.25, -0.2) is 0 Å². The molecule has 0 saturated carbocycles. The van der Waals surface area contributed by atoms with Crippen LogP contribution in [-0.4, -0.2) is 10.9 Å². The zero-order valence-electron chi connectivity index (χ0n) is 10.4. The molecule has 3 heteroatoms. The van der Waals surface area contributed by atoms with Crippen LogP contribution in [0.5, 0.6) is 5.75 Å². The van der Waals surface area contributed by atoms with Crippen molar-refractivity contribution in [1.29, 1.82) is 0 Å². The van der Waals surface area contributed by atoms with Gasteiger partial charge in [-0.05, 0) is 36.8 Å². The number of benzene rings is 2. The van der Waals surface area contributed by atoms with Crippen molar-refractivity contribution in [3.05, 3.63) is 70.3 Å². The van der Waals surface area contributed by atoms with Crippen molar-refractivity contribution in [3.63, 3.8) is 0 Å². The summed E-state index contributed by atoms with van der Waals surface area (Å²) >= 11 is 5.81. The molecule has 19 heavy (non-hydrogen) atoms. The second kappa shape index (κ2) is 5.72. The number of carbonyl (C=O) groups is 1. The predicted octanol–water partition coefficient (Wildman–Crippen LogP) is 4.25. The Morgan fingerprint density at radius 3 is 2.53 bits per heavy atom. The SMILES string of the molecule is Cc1ccc(C=CC(=O)c2cc(Cl)ccc2O)cc1. The molecule has 2 aromatic carbocycles. The minimum absolute atomic E-state index is 0.0667. The van der Waals surface area contributed by atoms with Crippen molar-refractivity contribution in [2.75, 3.05) is 0 Å². The summed E-state index contributed by atoms with van der Waals surface area (Å²) in [5, 5.41) is 10.0. The smallest absolute Gasteiger partial charge is 0.189 e. The lowest BCUT2D eigenvalue weighted by atomic mass is 10.1. The quantitative estimate of drug-likeness (QED) is 0.670. The van der Waals surface area contributed by atoms with Crippen molar-refractivity contribution < 1.29 is 9.90 Å². The molecule has 0 heterocycles. The molecule has 0 bridgehead atoms. The first-order chi connectivity index (χ1) is 9.06. The molecular weight excluding hydrogens is 260 g/mol. The van der Waals surface area contributed by atoms with Crippen molar-refractivity contribution in [1.82, 2.24) is 0 Å². The minimum Gasteiger partial charge on any atom is -0.507 e. The van der Waals surface area contributed by atoms with Crippen LogP contribution in [0.4, 0.5) is 0 Å². The highest BCUT2D eigenvalue weighted by molar-refractivity contribution is 6.31. The zero-order chi connectivity index (χ0) is 13.8. The summed E-state index contributed by atoms with van der Waals surface area (Å²) in [6, 6.07) is 12.2. The first-order valence-corrected chi connectivity index (χ1v) is 6.21. The van der Waals surface area contributed by atoms with E-state index in [-0.39, 0.29) is 17.1 Å². The van der Waals surface area contributed by atoms with E-state index in [0.717, 1.165) is 11.1 Å². The average molecular weight is 273 g/mol. The monoisotopic (exact) mass is 272 g/mol. The van der Waals surface area contributed by atoms with Gasteiger partial charge in [-0.1, -0.05) is 47.5 Å². The highest BCUT2D eigenvalue weighted by atomic mass is 35.5. The molecule has 0 fully saturated rings. The standard InChI is InChI=1S/C16H13ClO2/c1-11-2-4-12(5-3-11)6-8-15(18)14-10-13(17)7-9-16(14)19/h2-10,19H,1H3. The van der Waals surface area contributed by atoms with E-state index in [1.54, 1.807) is 6.08 Å². The Morgan fingerprint density at radius 1 is 1.16 bits per heavy atom. The fraction of sp³-hybridized carbons (Fsp3) is 0.0625. The molecular formula is C16H13ClO2. The first-order valence-electron chi connectivity index (χ1n) is 5.84. The van der Waals surface area contributed by atoms with E-state index >= 15 is 0 Å². The van der Waals surface area contributed by atoms with E-state index in [2.05, 4.69) is 0 Å². The minimum atomic E-state index is -0.277. The fourth-order valence-electron chi connectivity index (χ4n) is 1.64. The molecule has 0 amide bonds. The molecule has 1 N–H and O–H groups in total. The topological polar surface area (TPSA) is 37.3 Å². The Hall–Kier alpha value is -2.06. The van der Waals surface area contributed by atoms with Gasteiger partial charge in [0, 0.05) is 5.02 Å². The van der Waals surface area contributed by atoms with Crippen LogP contribution in [0.2, 0.25) is 5.02 Å². The van der Waals surface area contributed by atoms with E-state index in [1.807, 2.05) is 31.2 Å². The van der Waals surface area contributed by atoms with Crippen molar-refractivity contribution in [2.45, 2.75) is 6.92 Å². The zero-order valence-corrected chi connectivity index (χ0v) is 11.2. The number of rotatable bonds is 3. The number of halogens is 1. The van der Waals surface area contributed by atoms with Crippen molar-refractivity contribution in [3.8, 4) is 5.75 Å². The largest absolute Gasteiger partial charge is 0.507 e. The second-order valence-electron chi connectivity index (χ2n) is 4.27. The van der Waals surface area contributed by atoms with Crippen molar-refractivity contribution >= 4 is 23.5 Å². The number of hydrogen-bond donors (Lipinski definition) is 1. The Balaban J connectivity index is 2.21. The lowest BCUT2D eigenvalue weighted by Crippen LogP contribution is -1.94. The van der Waals surface area contributed by atoms with E-state index in [1.165, 1.54) is 24.3 Å². The van der Waals surface area contributed by atoms with Crippen LogP contribution >= 0.6 is 11.6 Å². The fourth-order valence-corrected chi connectivity index (χ4v) is 1.82. The molecule has 96 valence electrons. The van der Waals surface area contributed by atoms with Crippen LogP contribution in [-0.2, 0) is 0 Å². The van der Waals surface area contributed by atoms with Crippen LogP contribution in [0.15, 0.2) is 48.5 Å². The molecule has 0 atom stereocenters. The summed E-state index contributed by atoms with van der Waals surface area (Å²) < 4.78 is 0. The van der Waals surface area contributed by atoms with Crippen LogP contribution < -0.4 is 0 Å². The highest BCUT2D eigenvalue weighted by Gasteiger charge is 2.08. The van der Waals surface area contributed by atoms with Gasteiger partial charge in [0.1, 0.15) is 5.75 Å². The van der Waals surface area contributed by atoms with Crippen LogP contribution in [0.1, 0.15) is 21.5 Å². The summed E-state index contributed by atoms with van der Waals surface area (Å²) in [5.74, 6) is -0.344. The maximum Gasteiger partial charge on any atom is 0.189 e. The maximum absolute atomic E-state index is 12.0. The molecule has 0 aromatic heterocycles. The number of phenolic OH excluding ortho intramolecular Hbond substituents is 1. The van der Waals surface area contributed by atoms with Crippen LogP contribution in [0.3, 0.4) is 0 Å². The number of aryl methyl sites for hydroxylation is 1. The normalized spacial score (nSPS) is 10.8. The van der Waals surface area contributed by atoms with Gasteiger partial charge in [-0.3, -0.25) is 4.79 Å². The highest BCUT2D eigenvalue weighted by Crippen LogP contribution is 2.22. The Kier molecular flexibility index (Phi) is 4.03. The lowest BCUT2D eigenvalue weighted by molar-refractivity contribution is 0.104. The molecule has 2 aromatic rings. The molecule has 0 saturated heterocycles. The van der Waals surface area contributed by atoms with E-state index < -0.39 is 0 Å². The molecule has 0 radical (unpaired) electrons. The van der Waals surface area contributed by atoms with E-state index in [9.17, 15) is 9.90 Å². The van der Waals surface area contributed by atoms with Gasteiger partial charge in [-0.2, -0.15) is 0 Å². The van der Waals surface area contributed by atoms with Gasteiger partial charge >= 0.3 is 0 Å².